The van der Waals surface area contributed by atoms with Gasteiger partial charge in [-0.2, -0.15) is 5.10 Å². The summed E-state index contributed by atoms with van der Waals surface area (Å²) in [4.78, 5) is 14.8. The van der Waals surface area contributed by atoms with Gasteiger partial charge in [0.05, 0.1) is 23.5 Å². The Morgan fingerprint density at radius 1 is 1.19 bits per heavy atom. The molecule has 0 atom stereocenters. The summed E-state index contributed by atoms with van der Waals surface area (Å²) in [6, 6.07) is 15.9. The monoisotopic (exact) mass is 436 g/mol. The second-order valence-corrected chi connectivity index (χ2v) is 8.35. The number of aromatic nitrogens is 2. The summed E-state index contributed by atoms with van der Waals surface area (Å²) in [6.07, 6.45) is 2.68. The number of amides is 2. The van der Waals surface area contributed by atoms with E-state index in [2.05, 4.69) is 5.32 Å². The number of hydrogen-bond acceptors (Lipinski definition) is 3. The summed E-state index contributed by atoms with van der Waals surface area (Å²) in [5, 5.41) is 7.84. The van der Waals surface area contributed by atoms with Crippen molar-refractivity contribution < 1.29 is 13.9 Å². The standard InChI is InChI=1S/C25H29FN4O2/c1-4-23-22(16-29(19-12-13-19)25(31)27-17(2)3)24(32-21-14-10-18(26)11-15-21)30(28-23)20-8-6-5-7-9-20/h5-11,14-15,17,19H,4,12-13,16H2,1-3H3,(H,27,31). The van der Waals surface area contributed by atoms with Crippen LogP contribution < -0.4 is 10.1 Å². The van der Waals surface area contributed by atoms with Crippen LogP contribution in [0.2, 0.25) is 0 Å². The zero-order chi connectivity index (χ0) is 22.7. The molecule has 1 aliphatic rings. The average molecular weight is 437 g/mol. The molecule has 168 valence electrons. The van der Waals surface area contributed by atoms with Gasteiger partial charge in [0.25, 0.3) is 0 Å². The smallest absolute Gasteiger partial charge is 0.318 e. The fourth-order valence-corrected chi connectivity index (χ4v) is 3.64. The number of carbonyl (C=O) groups excluding carboxylic acids is 1. The van der Waals surface area contributed by atoms with Crippen molar-refractivity contribution in [2.75, 3.05) is 0 Å². The van der Waals surface area contributed by atoms with Crippen LogP contribution in [0.5, 0.6) is 11.6 Å². The van der Waals surface area contributed by atoms with Crippen molar-refractivity contribution in [2.45, 2.75) is 58.7 Å². The summed E-state index contributed by atoms with van der Waals surface area (Å²) in [7, 11) is 0. The highest BCUT2D eigenvalue weighted by Crippen LogP contribution is 2.35. The van der Waals surface area contributed by atoms with Gasteiger partial charge in [-0.25, -0.2) is 13.9 Å². The Labute approximate surface area is 188 Å². The number of rotatable bonds is 8. The molecule has 0 radical (unpaired) electrons. The predicted molar refractivity (Wildman–Crippen MR) is 122 cm³/mol. The lowest BCUT2D eigenvalue weighted by Gasteiger charge is -2.24. The molecule has 1 aromatic heterocycles. The van der Waals surface area contributed by atoms with E-state index in [0.29, 0.717) is 24.6 Å². The molecule has 0 aliphatic heterocycles. The van der Waals surface area contributed by atoms with Crippen LogP contribution >= 0.6 is 0 Å². The Hall–Kier alpha value is -3.35. The van der Waals surface area contributed by atoms with Gasteiger partial charge < -0.3 is 15.0 Å². The number of carbonyl (C=O) groups is 1. The summed E-state index contributed by atoms with van der Waals surface area (Å²) in [5.41, 5.74) is 2.59. The van der Waals surface area contributed by atoms with Crippen molar-refractivity contribution in [2.24, 2.45) is 0 Å². The Morgan fingerprint density at radius 3 is 2.47 bits per heavy atom. The van der Waals surface area contributed by atoms with Gasteiger partial charge in [0, 0.05) is 12.1 Å². The molecule has 1 N–H and O–H groups in total. The van der Waals surface area contributed by atoms with Crippen LogP contribution in [-0.2, 0) is 13.0 Å². The van der Waals surface area contributed by atoms with Gasteiger partial charge in [-0.1, -0.05) is 25.1 Å². The number of urea groups is 1. The second kappa shape index (κ2) is 9.42. The van der Waals surface area contributed by atoms with Gasteiger partial charge in [0.1, 0.15) is 11.6 Å². The van der Waals surface area contributed by atoms with E-state index in [-0.39, 0.29) is 23.9 Å². The van der Waals surface area contributed by atoms with E-state index in [1.165, 1.54) is 12.1 Å². The van der Waals surface area contributed by atoms with Gasteiger partial charge in [-0.15, -0.1) is 0 Å². The molecule has 32 heavy (non-hydrogen) atoms. The third kappa shape index (κ3) is 4.93. The molecule has 1 heterocycles. The molecule has 7 heteroatoms. The highest BCUT2D eigenvalue weighted by atomic mass is 19.1. The molecule has 0 saturated heterocycles. The van der Waals surface area contributed by atoms with Crippen LogP contribution in [0, 0.1) is 5.82 Å². The highest BCUT2D eigenvalue weighted by Gasteiger charge is 2.35. The minimum atomic E-state index is -0.325. The summed E-state index contributed by atoms with van der Waals surface area (Å²) >= 11 is 0. The first-order valence-corrected chi connectivity index (χ1v) is 11.1. The molecule has 3 aromatic rings. The van der Waals surface area contributed by atoms with Gasteiger partial charge in [-0.05, 0) is 69.5 Å². The molecule has 2 aromatic carbocycles. The van der Waals surface area contributed by atoms with E-state index in [1.807, 2.05) is 56.0 Å². The molecule has 2 amide bonds. The fraction of sp³-hybridized carbons (Fsp3) is 0.360. The molecule has 1 aliphatic carbocycles. The SMILES string of the molecule is CCc1nn(-c2ccccc2)c(Oc2ccc(F)cc2)c1CN(C(=O)NC(C)C)C1CC1. The maximum atomic E-state index is 13.4. The van der Waals surface area contributed by atoms with Crippen LogP contribution in [0.1, 0.15) is 44.9 Å². The Balaban J connectivity index is 1.76. The zero-order valence-corrected chi connectivity index (χ0v) is 18.7. The van der Waals surface area contributed by atoms with E-state index < -0.39 is 0 Å². The first-order chi connectivity index (χ1) is 15.5. The van der Waals surface area contributed by atoms with Crippen molar-refractivity contribution in [3.05, 3.63) is 71.7 Å². The van der Waals surface area contributed by atoms with Gasteiger partial charge in [0.15, 0.2) is 0 Å². The van der Waals surface area contributed by atoms with E-state index in [4.69, 9.17) is 9.84 Å². The normalized spacial score (nSPS) is 13.3. The van der Waals surface area contributed by atoms with E-state index in [0.717, 1.165) is 29.8 Å². The third-order valence-electron chi connectivity index (χ3n) is 5.37. The van der Waals surface area contributed by atoms with E-state index in [9.17, 15) is 9.18 Å². The quantitative estimate of drug-likeness (QED) is 0.511. The number of hydrogen-bond donors (Lipinski definition) is 1. The maximum Gasteiger partial charge on any atom is 0.318 e. The largest absolute Gasteiger partial charge is 0.439 e. The Kier molecular flexibility index (Phi) is 6.44. The molecule has 6 nitrogen and oxygen atoms in total. The first kappa shape index (κ1) is 21.9. The lowest BCUT2D eigenvalue weighted by molar-refractivity contribution is 0.188. The number of aryl methyl sites for hydroxylation is 1. The number of nitrogens with one attached hydrogen (secondary N) is 1. The Morgan fingerprint density at radius 2 is 1.88 bits per heavy atom. The van der Waals surface area contributed by atoms with Gasteiger partial charge >= 0.3 is 6.03 Å². The summed E-state index contributed by atoms with van der Waals surface area (Å²) in [6.45, 7) is 6.35. The van der Waals surface area contributed by atoms with E-state index >= 15 is 0 Å². The molecule has 1 fully saturated rings. The van der Waals surface area contributed by atoms with Crippen LogP contribution in [0.4, 0.5) is 9.18 Å². The molecular formula is C25H29FN4O2. The Bertz CT molecular complexity index is 1060. The zero-order valence-electron chi connectivity index (χ0n) is 18.7. The lowest BCUT2D eigenvalue weighted by Crippen LogP contribution is -2.43. The average Bonchev–Trinajstić information content (AvgIpc) is 3.56. The number of benzene rings is 2. The van der Waals surface area contributed by atoms with Crippen molar-refractivity contribution in [3.8, 4) is 17.3 Å². The van der Waals surface area contributed by atoms with Crippen molar-refractivity contribution >= 4 is 6.03 Å². The topological polar surface area (TPSA) is 59.4 Å². The minimum absolute atomic E-state index is 0.0522. The third-order valence-corrected chi connectivity index (χ3v) is 5.37. The second-order valence-electron chi connectivity index (χ2n) is 8.35. The molecular weight excluding hydrogens is 407 g/mol. The molecule has 0 bridgehead atoms. The van der Waals surface area contributed by atoms with Crippen molar-refractivity contribution in [1.29, 1.82) is 0 Å². The minimum Gasteiger partial charge on any atom is -0.439 e. The fourth-order valence-electron chi connectivity index (χ4n) is 3.64. The van der Waals surface area contributed by atoms with Gasteiger partial charge in [-0.3, -0.25) is 0 Å². The van der Waals surface area contributed by atoms with Crippen molar-refractivity contribution in [3.63, 3.8) is 0 Å². The summed E-state index contributed by atoms with van der Waals surface area (Å²) < 4.78 is 21.5. The summed E-state index contributed by atoms with van der Waals surface area (Å²) in [5.74, 6) is 0.730. The lowest BCUT2D eigenvalue weighted by atomic mass is 10.2. The van der Waals surface area contributed by atoms with Crippen LogP contribution in [0.3, 0.4) is 0 Å². The molecule has 0 spiro atoms. The van der Waals surface area contributed by atoms with Gasteiger partial charge in [0.2, 0.25) is 5.88 Å². The van der Waals surface area contributed by atoms with Crippen LogP contribution in [0.25, 0.3) is 5.69 Å². The van der Waals surface area contributed by atoms with Crippen LogP contribution in [0.15, 0.2) is 54.6 Å². The number of nitrogens with zero attached hydrogens (tertiary/aromatic N) is 3. The highest BCUT2D eigenvalue weighted by molar-refractivity contribution is 5.75. The van der Waals surface area contributed by atoms with E-state index in [1.54, 1.807) is 16.8 Å². The molecule has 0 unspecified atom stereocenters. The molecule has 4 rings (SSSR count). The number of ether oxygens (including phenoxy) is 1. The first-order valence-electron chi connectivity index (χ1n) is 11.1. The van der Waals surface area contributed by atoms with Crippen molar-refractivity contribution in [1.82, 2.24) is 20.0 Å². The number of para-hydroxylation sites is 1. The predicted octanol–water partition coefficient (Wildman–Crippen LogP) is 5.45. The number of halogens is 1. The maximum absolute atomic E-state index is 13.4. The molecule has 1 saturated carbocycles. The van der Waals surface area contributed by atoms with Crippen LogP contribution in [-0.4, -0.2) is 32.8 Å².